The van der Waals surface area contributed by atoms with E-state index in [9.17, 15) is 0 Å². The maximum absolute atomic E-state index is 6.40. The van der Waals surface area contributed by atoms with Crippen LogP contribution in [0.25, 0.3) is 0 Å². The molecule has 1 unspecified atom stereocenters. The molecule has 2 rings (SSSR count). The molecule has 2 aromatic rings. The van der Waals surface area contributed by atoms with Crippen LogP contribution in [0.2, 0.25) is 5.02 Å². The summed E-state index contributed by atoms with van der Waals surface area (Å²) >= 11 is 6.40. The van der Waals surface area contributed by atoms with Gasteiger partial charge in [0.2, 0.25) is 0 Å². The van der Waals surface area contributed by atoms with Crippen molar-refractivity contribution >= 4 is 11.6 Å². The number of aromatic nitrogens is 2. The highest BCUT2D eigenvalue weighted by Crippen LogP contribution is 2.26. The highest BCUT2D eigenvalue weighted by Gasteiger charge is 2.18. The van der Waals surface area contributed by atoms with Gasteiger partial charge in [0, 0.05) is 19.5 Å². The molecule has 1 aromatic carbocycles. The van der Waals surface area contributed by atoms with Gasteiger partial charge in [0.15, 0.2) is 0 Å². The molecule has 1 aromatic heterocycles. The van der Waals surface area contributed by atoms with Crippen LogP contribution in [0.1, 0.15) is 41.9 Å². The maximum Gasteiger partial charge on any atom is 0.0847 e. The Hall–Kier alpha value is -1.32. The summed E-state index contributed by atoms with van der Waals surface area (Å²) in [6.45, 7) is 7.25. The predicted molar refractivity (Wildman–Crippen MR) is 88.9 cm³/mol. The van der Waals surface area contributed by atoms with Crippen molar-refractivity contribution in [3.05, 3.63) is 51.8 Å². The standard InChI is InChI=1S/C17H24ClN3/c1-5-9-19-15(14-8-6-7-12(2)10-14)11-16-17(18)13(3)20-21(16)4/h6-8,10,15,19H,5,9,11H2,1-4H3. The number of nitrogens with zero attached hydrogens (tertiary/aromatic N) is 2. The van der Waals surface area contributed by atoms with Gasteiger partial charge in [-0.1, -0.05) is 48.4 Å². The van der Waals surface area contributed by atoms with Gasteiger partial charge >= 0.3 is 0 Å². The molecule has 0 bridgehead atoms. The zero-order chi connectivity index (χ0) is 15.4. The number of hydrogen-bond donors (Lipinski definition) is 1. The van der Waals surface area contributed by atoms with Crippen molar-refractivity contribution in [2.24, 2.45) is 7.05 Å². The predicted octanol–water partition coefficient (Wildman–Crippen LogP) is 3.97. The summed E-state index contributed by atoms with van der Waals surface area (Å²) in [4.78, 5) is 0. The number of aryl methyl sites for hydroxylation is 3. The van der Waals surface area contributed by atoms with Gasteiger partial charge in [0.1, 0.15) is 0 Å². The van der Waals surface area contributed by atoms with Gasteiger partial charge in [-0.15, -0.1) is 0 Å². The highest BCUT2D eigenvalue weighted by molar-refractivity contribution is 6.31. The van der Waals surface area contributed by atoms with Crippen molar-refractivity contribution in [2.75, 3.05) is 6.54 Å². The molecule has 21 heavy (non-hydrogen) atoms. The zero-order valence-electron chi connectivity index (χ0n) is 13.3. The molecule has 0 saturated carbocycles. The highest BCUT2D eigenvalue weighted by atomic mass is 35.5. The van der Waals surface area contributed by atoms with Gasteiger partial charge in [-0.05, 0) is 32.4 Å². The molecule has 0 aliphatic carbocycles. The second-order valence-electron chi connectivity index (χ2n) is 5.59. The Morgan fingerprint density at radius 1 is 1.33 bits per heavy atom. The molecule has 0 aliphatic heterocycles. The SMILES string of the molecule is CCCNC(Cc1c(Cl)c(C)nn1C)c1cccc(C)c1. The van der Waals surface area contributed by atoms with Crippen molar-refractivity contribution in [3.8, 4) is 0 Å². The summed E-state index contributed by atoms with van der Waals surface area (Å²) in [5, 5.41) is 8.82. The molecule has 1 atom stereocenters. The van der Waals surface area contributed by atoms with E-state index >= 15 is 0 Å². The summed E-state index contributed by atoms with van der Waals surface area (Å²) in [5.41, 5.74) is 4.57. The smallest absolute Gasteiger partial charge is 0.0847 e. The number of benzene rings is 1. The van der Waals surface area contributed by atoms with Crippen molar-refractivity contribution in [3.63, 3.8) is 0 Å². The van der Waals surface area contributed by atoms with Crippen molar-refractivity contribution in [1.29, 1.82) is 0 Å². The lowest BCUT2D eigenvalue weighted by Gasteiger charge is -2.20. The summed E-state index contributed by atoms with van der Waals surface area (Å²) in [7, 11) is 1.96. The number of halogens is 1. The van der Waals surface area contributed by atoms with Crippen LogP contribution in [-0.4, -0.2) is 16.3 Å². The van der Waals surface area contributed by atoms with Crippen LogP contribution in [0.3, 0.4) is 0 Å². The quantitative estimate of drug-likeness (QED) is 0.875. The topological polar surface area (TPSA) is 29.9 Å². The molecule has 0 radical (unpaired) electrons. The summed E-state index contributed by atoms with van der Waals surface area (Å²) in [6.07, 6.45) is 1.96. The van der Waals surface area contributed by atoms with Gasteiger partial charge < -0.3 is 5.32 Å². The second kappa shape index (κ2) is 7.10. The summed E-state index contributed by atoms with van der Waals surface area (Å²) in [5.74, 6) is 0. The summed E-state index contributed by atoms with van der Waals surface area (Å²) < 4.78 is 1.90. The van der Waals surface area contributed by atoms with Gasteiger partial charge in [0.05, 0.1) is 16.4 Å². The average Bonchev–Trinajstić information content (AvgIpc) is 2.69. The molecular formula is C17H24ClN3. The first-order valence-corrected chi connectivity index (χ1v) is 7.88. The molecule has 114 valence electrons. The molecule has 3 nitrogen and oxygen atoms in total. The molecule has 4 heteroatoms. The third-order valence-electron chi connectivity index (χ3n) is 3.74. The normalized spacial score (nSPS) is 12.6. The minimum atomic E-state index is 0.261. The lowest BCUT2D eigenvalue weighted by Crippen LogP contribution is -2.25. The first-order valence-electron chi connectivity index (χ1n) is 7.50. The Bertz CT molecular complexity index is 604. The maximum atomic E-state index is 6.40. The van der Waals surface area contributed by atoms with Crippen LogP contribution < -0.4 is 5.32 Å². The first kappa shape index (κ1) is 16.1. The molecular weight excluding hydrogens is 282 g/mol. The van der Waals surface area contributed by atoms with Gasteiger partial charge in [-0.3, -0.25) is 4.68 Å². The first-order chi connectivity index (χ1) is 10.0. The van der Waals surface area contributed by atoms with E-state index in [-0.39, 0.29) is 6.04 Å². The lowest BCUT2D eigenvalue weighted by molar-refractivity contribution is 0.512. The fraction of sp³-hybridized carbons (Fsp3) is 0.471. The Balaban J connectivity index is 2.28. The Labute approximate surface area is 132 Å². The Morgan fingerprint density at radius 2 is 2.10 bits per heavy atom. The van der Waals surface area contributed by atoms with Gasteiger partial charge in [-0.25, -0.2) is 0 Å². The monoisotopic (exact) mass is 305 g/mol. The van der Waals surface area contributed by atoms with E-state index in [1.807, 2.05) is 18.7 Å². The van der Waals surface area contributed by atoms with Crippen LogP contribution in [-0.2, 0) is 13.5 Å². The summed E-state index contributed by atoms with van der Waals surface area (Å²) in [6, 6.07) is 8.92. The van der Waals surface area contributed by atoms with E-state index in [1.54, 1.807) is 0 Å². The minimum absolute atomic E-state index is 0.261. The third-order valence-corrected chi connectivity index (χ3v) is 4.24. The number of rotatable bonds is 6. The molecule has 0 aliphatic rings. The zero-order valence-corrected chi connectivity index (χ0v) is 14.0. The van der Waals surface area contributed by atoms with Crippen LogP contribution in [0, 0.1) is 13.8 Å². The van der Waals surface area contributed by atoms with Gasteiger partial charge in [-0.2, -0.15) is 5.10 Å². The van der Waals surface area contributed by atoms with E-state index in [0.29, 0.717) is 0 Å². The average molecular weight is 306 g/mol. The van der Waals surface area contributed by atoms with Gasteiger partial charge in [0.25, 0.3) is 0 Å². The number of nitrogens with one attached hydrogen (secondary N) is 1. The van der Waals surface area contributed by atoms with Crippen LogP contribution in [0.4, 0.5) is 0 Å². The van der Waals surface area contributed by atoms with E-state index in [0.717, 1.165) is 35.8 Å². The van der Waals surface area contributed by atoms with E-state index in [1.165, 1.54) is 11.1 Å². The van der Waals surface area contributed by atoms with E-state index in [4.69, 9.17) is 11.6 Å². The van der Waals surface area contributed by atoms with Crippen LogP contribution >= 0.6 is 11.6 Å². The van der Waals surface area contributed by atoms with Crippen LogP contribution in [0.5, 0.6) is 0 Å². The Kier molecular flexibility index (Phi) is 5.43. The molecule has 1 heterocycles. The van der Waals surface area contributed by atoms with Crippen LogP contribution in [0.15, 0.2) is 24.3 Å². The molecule has 0 spiro atoms. The molecule has 0 amide bonds. The van der Waals surface area contributed by atoms with Crippen molar-refractivity contribution in [2.45, 2.75) is 39.7 Å². The largest absolute Gasteiger partial charge is 0.310 e. The van der Waals surface area contributed by atoms with Crippen molar-refractivity contribution in [1.82, 2.24) is 15.1 Å². The molecule has 0 fully saturated rings. The minimum Gasteiger partial charge on any atom is -0.310 e. The third kappa shape index (κ3) is 3.86. The van der Waals surface area contributed by atoms with E-state index < -0.39 is 0 Å². The number of hydrogen-bond acceptors (Lipinski definition) is 2. The molecule has 0 saturated heterocycles. The van der Waals surface area contributed by atoms with E-state index in [2.05, 4.69) is 48.5 Å². The molecule has 1 N–H and O–H groups in total. The Morgan fingerprint density at radius 3 is 2.67 bits per heavy atom. The fourth-order valence-corrected chi connectivity index (χ4v) is 2.85. The lowest BCUT2D eigenvalue weighted by atomic mass is 9.99. The fourth-order valence-electron chi connectivity index (χ4n) is 2.61. The van der Waals surface area contributed by atoms with Crippen molar-refractivity contribution < 1.29 is 0 Å². The second-order valence-corrected chi connectivity index (χ2v) is 5.97.